The highest BCUT2D eigenvalue weighted by molar-refractivity contribution is 4.67. The van der Waals surface area contributed by atoms with Crippen LogP contribution >= 0.6 is 0 Å². The number of nitrogens with zero attached hydrogens (tertiary/aromatic N) is 1. The summed E-state index contributed by atoms with van der Waals surface area (Å²) in [5.74, 6) is 0. The van der Waals surface area contributed by atoms with Gasteiger partial charge in [-0.2, -0.15) is 0 Å². The average molecular weight is 505 g/mol. The largest absolute Gasteiger partial charge is 1.00 e. The van der Waals surface area contributed by atoms with E-state index in [-0.39, 0.29) is 17.0 Å². The van der Waals surface area contributed by atoms with Crippen molar-refractivity contribution in [1.29, 1.82) is 0 Å². The van der Waals surface area contributed by atoms with Gasteiger partial charge in [-0.25, -0.2) is 0 Å². The number of quaternary nitrogens is 1. The molecule has 2 nitrogen and oxygen atoms in total. The summed E-state index contributed by atoms with van der Waals surface area (Å²) in [6, 6.07) is 0.812. The summed E-state index contributed by atoms with van der Waals surface area (Å²) in [4.78, 5) is 0. The zero-order valence-corrected chi connectivity index (χ0v) is 23.1. The molecule has 1 aliphatic rings. The fraction of sp³-hybridized carbons (Fsp3) is 1.00. The summed E-state index contributed by atoms with van der Waals surface area (Å²) in [5, 5.41) is 9.56. The molecule has 0 spiro atoms. The normalized spacial score (nSPS) is 16.7. The van der Waals surface area contributed by atoms with Crippen LogP contribution in [0, 0.1) is 0 Å². The number of unbranched alkanes of at least 4 members (excludes halogenated alkanes) is 16. The molecule has 1 fully saturated rings. The van der Waals surface area contributed by atoms with Crippen LogP contribution < -0.4 is 17.0 Å². The van der Waals surface area contributed by atoms with E-state index in [1.165, 1.54) is 148 Å². The molecule has 0 aromatic heterocycles. The summed E-state index contributed by atoms with van der Waals surface area (Å²) >= 11 is 0. The van der Waals surface area contributed by atoms with E-state index < -0.39 is 0 Å². The topological polar surface area (TPSA) is 20.2 Å². The minimum Gasteiger partial charge on any atom is -1.00 e. The Morgan fingerprint density at radius 3 is 1.35 bits per heavy atom. The van der Waals surface area contributed by atoms with Crippen LogP contribution in [0.3, 0.4) is 0 Å². The number of aliphatic hydroxyl groups excluding tert-OH is 1. The van der Waals surface area contributed by atoms with Gasteiger partial charge in [0.05, 0.1) is 26.2 Å². The fourth-order valence-electron chi connectivity index (χ4n) is 5.61. The summed E-state index contributed by atoms with van der Waals surface area (Å²) < 4.78 is 1.13. The molecule has 31 heavy (non-hydrogen) atoms. The molecule has 0 bridgehead atoms. The lowest BCUT2D eigenvalue weighted by atomic mass is 9.92. The van der Waals surface area contributed by atoms with Gasteiger partial charge >= 0.3 is 0 Å². The van der Waals surface area contributed by atoms with Gasteiger partial charge in [-0.15, -0.1) is 0 Å². The second-order valence-electron chi connectivity index (χ2n) is 10.6. The molecule has 0 aromatic rings. The second-order valence-corrected chi connectivity index (χ2v) is 10.6. The Morgan fingerprint density at radius 2 is 0.968 bits per heavy atom. The average Bonchev–Trinajstić information content (AvgIpc) is 2.77. The van der Waals surface area contributed by atoms with Gasteiger partial charge in [0.15, 0.2) is 0 Å². The van der Waals surface area contributed by atoms with Gasteiger partial charge in [-0.3, -0.25) is 0 Å². The smallest absolute Gasteiger partial charge is 0.102 e. The minimum atomic E-state index is 0. The fourth-order valence-corrected chi connectivity index (χ4v) is 5.61. The Balaban J connectivity index is 0.00000900. The standard InChI is InChI=1S/C28H58NO.BrH/c1-3-4-5-6-7-8-9-10-11-12-13-14-15-16-17-18-22-25-29(2,26-27-30)28-23-20-19-21-24-28;/h28,30H,3-27H2,1-2H3;1H/q+1;/p-1. The molecule has 1 rings (SSSR count). The highest BCUT2D eigenvalue weighted by Gasteiger charge is 2.32. The molecule has 1 aliphatic carbocycles. The van der Waals surface area contributed by atoms with Crippen molar-refractivity contribution in [2.75, 3.05) is 26.7 Å². The maximum atomic E-state index is 9.56. The van der Waals surface area contributed by atoms with Crippen LogP contribution in [0.25, 0.3) is 0 Å². The number of hydrogen-bond acceptors (Lipinski definition) is 1. The molecule has 0 heterocycles. The summed E-state index contributed by atoms with van der Waals surface area (Å²) in [6.07, 6.45) is 31.5. The first kappa shape index (κ1) is 31.4. The third kappa shape index (κ3) is 16.6. The Bertz CT molecular complexity index is 359. The van der Waals surface area contributed by atoms with E-state index in [0.29, 0.717) is 6.61 Å². The number of rotatable bonds is 21. The number of hydrogen-bond donors (Lipinski definition) is 1. The third-order valence-corrected chi connectivity index (χ3v) is 7.84. The minimum absolute atomic E-state index is 0. The predicted octanol–water partition coefficient (Wildman–Crippen LogP) is 5.41. The molecule has 0 amide bonds. The molecule has 0 aliphatic heterocycles. The maximum Gasteiger partial charge on any atom is 0.102 e. The Morgan fingerprint density at radius 1 is 0.581 bits per heavy atom. The van der Waals surface area contributed by atoms with Crippen LogP contribution in [-0.2, 0) is 0 Å². The SMILES string of the molecule is CCCCCCCCCCCCCCCCCCC[N+](C)(CCO)C1CCCCC1.[Br-]. The van der Waals surface area contributed by atoms with Gasteiger partial charge in [0.25, 0.3) is 0 Å². The predicted molar refractivity (Wildman–Crippen MR) is 134 cm³/mol. The van der Waals surface area contributed by atoms with Gasteiger partial charge in [0.2, 0.25) is 0 Å². The van der Waals surface area contributed by atoms with E-state index in [4.69, 9.17) is 0 Å². The highest BCUT2D eigenvalue weighted by atomic mass is 79.9. The van der Waals surface area contributed by atoms with Crippen molar-refractivity contribution in [1.82, 2.24) is 0 Å². The van der Waals surface area contributed by atoms with E-state index in [1.807, 2.05) is 0 Å². The van der Waals surface area contributed by atoms with Gasteiger partial charge in [0, 0.05) is 0 Å². The van der Waals surface area contributed by atoms with E-state index in [2.05, 4.69) is 14.0 Å². The first-order valence-electron chi connectivity index (χ1n) is 14.2. The first-order valence-corrected chi connectivity index (χ1v) is 14.2. The molecule has 1 unspecified atom stereocenters. The Hall–Kier alpha value is 0.400. The lowest BCUT2D eigenvalue weighted by molar-refractivity contribution is -0.935. The first-order chi connectivity index (χ1) is 14.7. The van der Waals surface area contributed by atoms with E-state index in [9.17, 15) is 5.11 Å². The second kappa shape index (κ2) is 22.2. The van der Waals surface area contributed by atoms with Crippen molar-refractivity contribution in [3.05, 3.63) is 0 Å². The molecule has 0 radical (unpaired) electrons. The maximum absolute atomic E-state index is 9.56. The van der Waals surface area contributed by atoms with Crippen LogP contribution in [-0.4, -0.2) is 42.4 Å². The van der Waals surface area contributed by atoms with Gasteiger partial charge in [-0.05, 0) is 38.5 Å². The molecular weight excluding hydrogens is 446 g/mol. The zero-order valence-electron chi connectivity index (χ0n) is 21.5. The van der Waals surface area contributed by atoms with Crippen molar-refractivity contribution in [2.45, 2.75) is 154 Å². The molecular formula is C28H58BrNO. The summed E-state index contributed by atoms with van der Waals surface area (Å²) in [5.41, 5.74) is 0. The van der Waals surface area contributed by atoms with Gasteiger partial charge < -0.3 is 26.6 Å². The van der Waals surface area contributed by atoms with Crippen molar-refractivity contribution in [2.24, 2.45) is 0 Å². The number of halogens is 1. The van der Waals surface area contributed by atoms with Crippen molar-refractivity contribution >= 4 is 0 Å². The molecule has 3 heteroatoms. The Labute approximate surface area is 207 Å². The lowest BCUT2D eigenvalue weighted by Gasteiger charge is -2.43. The zero-order chi connectivity index (χ0) is 21.8. The monoisotopic (exact) mass is 503 g/mol. The van der Waals surface area contributed by atoms with E-state index >= 15 is 0 Å². The number of aliphatic hydroxyl groups is 1. The summed E-state index contributed by atoms with van der Waals surface area (Å²) in [7, 11) is 2.42. The van der Waals surface area contributed by atoms with Crippen LogP contribution in [0.2, 0.25) is 0 Å². The van der Waals surface area contributed by atoms with Crippen molar-refractivity contribution < 1.29 is 26.6 Å². The molecule has 1 N–H and O–H groups in total. The van der Waals surface area contributed by atoms with Crippen LogP contribution in [0.15, 0.2) is 0 Å². The highest BCUT2D eigenvalue weighted by Crippen LogP contribution is 2.27. The molecule has 0 saturated heterocycles. The molecule has 1 saturated carbocycles. The van der Waals surface area contributed by atoms with Gasteiger partial charge in [0.1, 0.15) is 6.54 Å². The Kier molecular flexibility index (Phi) is 22.5. The number of likely N-dealkylation sites (N-methyl/N-ethyl adjacent to an activating group) is 1. The van der Waals surface area contributed by atoms with Crippen molar-refractivity contribution in [3.63, 3.8) is 0 Å². The van der Waals surface area contributed by atoms with Crippen LogP contribution in [0.5, 0.6) is 0 Å². The van der Waals surface area contributed by atoms with Crippen LogP contribution in [0.4, 0.5) is 0 Å². The summed E-state index contributed by atoms with van der Waals surface area (Å²) in [6.45, 7) is 4.90. The van der Waals surface area contributed by atoms with Gasteiger partial charge in [-0.1, -0.05) is 110 Å². The molecule has 0 aromatic carbocycles. The van der Waals surface area contributed by atoms with Crippen molar-refractivity contribution in [3.8, 4) is 0 Å². The molecule has 1 atom stereocenters. The third-order valence-electron chi connectivity index (χ3n) is 7.84. The van der Waals surface area contributed by atoms with E-state index in [0.717, 1.165) is 17.1 Å². The lowest BCUT2D eigenvalue weighted by Crippen LogP contribution is -3.00. The quantitative estimate of drug-likeness (QED) is 0.164. The molecule has 188 valence electrons. The van der Waals surface area contributed by atoms with E-state index in [1.54, 1.807) is 0 Å². The van der Waals surface area contributed by atoms with Crippen LogP contribution in [0.1, 0.15) is 148 Å².